The van der Waals surface area contributed by atoms with E-state index >= 15 is 0 Å². The topological polar surface area (TPSA) is 40.0 Å². The highest BCUT2D eigenvalue weighted by molar-refractivity contribution is 5.95. The van der Waals surface area contributed by atoms with Crippen molar-refractivity contribution in [1.29, 1.82) is 5.41 Å². The first-order valence-electron chi connectivity index (χ1n) is 5.04. The van der Waals surface area contributed by atoms with Crippen LogP contribution in [-0.2, 0) is 0 Å². The summed E-state index contributed by atoms with van der Waals surface area (Å²) < 4.78 is 0. The minimum atomic E-state index is 0.584. The van der Waals surface area contributed by atoms with Gasteiger partial charge in [-0.05, 0) is 31.4 Å². The highest BCUT2D eigenvalue weighted by atomic mass is 15.2. The Bertz CT molecular complexity index is 340. The molecule has 1 N–H and O–H groups in total. The first kappa shape index (κ1) is 9.19. The molecule has 2 heterocycles. The van der Waals surface area contributed by atoms with Gasteiger partial charge in [0.2, 0.25) is 0 Å². The fourth-order valence-corrected chi connectivity index (χ4v) is 1.82. The zero-order chi connectivity index (χ0) is 9.97. The van der Waals surface area contributed by atoms with Crippen molar-refractivity contribution < 1.29 is 0 Å². The van der Waals surface area contributed by atoms with E-state index in [9.17, 15) is 0 Å². The molecular formula is C11H15N3. The van der Waals surface area contributed by atoms with Gasteiger partial charge in [-0.2, -0.15) is 0 Å². The molecule has 3 heteroatoms. The van der Waals surface area contributed by atoms with Crippen LogP contribution in [0, 0.1) is 12.3 Å². The van der Waals surface area contributed by atoms with Crippen LogP contribution < -0.4 is 0 Å². The van der Waals surface area contributed by atoms with Crippen LogP contribution in [-0.4, -0.2) is 28.8 Å². The lowest BCUT2D eigenvalue weighted by Crippen LogP contribution is -2.29. The van der Waals surface area contributed by atoms with Gasteiger partial charge in [0.25, 0.3) is 0 Å². The standard InChI is InChI=1S/C11H15N3/c1-9-5-4-6-13-10(9)11(12)14-7-2-3-8-14/h4-6,12H,2-3,7-8H2,1H3. The maximum atomic E-state index is 8.03. The van der Waals surface area contributed by atoms with E-state index in [1.54, 1.807) is 6.20 Å². The van der Waals surface area contributed by atoms with Gasteiger partial charge in [-0.15, -0.1) is 0 Å². The Labute approximate surface area is 84.3 Å². The molecule has 14 heavy (non-hydrogen) atoms. The van der Waals surface area contributed by atoms with Crippen molar-refractivity contribution in [1.82, 2.24) is 9.88 Å². The van der Waals surface area contributed by atoms with Gasteiger partial charge in [0.15, 0.2) is 0 Å². The van der Waals surface area contributed by atoms with Crippen LogP contribution in [0.25, 0.3) is 0 Å². The maximum absolute atomic E-state index is 8.03. The molecule has 0 unspecified atom stereocenters. The number of hydrogen-bond donors (Lipinski definition) is 1. The van der Waals surface area contributed by atoms with E-state index in [2.05, 4.69) is 9.88 Å². The molecule has 74 valence electrons. The summed E-state index contributed by atoms with van der Waals surface area (Å²) in [7, 11) is 0. The molecule has 0 radical (unpaired) electrons. The van der Waals surface area contributed by atoms with Gasteiger partial charge in [-0.1, -0.05) is 6.07 Å². The number of hydrogen-bond acceptors (Lipinski definition) is 2. The number of nitrogens with one attached hydrogen (secondary N) is 1. The predicted octanol–water partition coefficient (Wildman–Crippen LogP) is 1.81. The monoisotopic (exact) mass is 189 g/mol. The first-order chi connectivity index (χ1) is 6.79. The Morgan fingerprint density at radius 2 is 2.14 bits per heavy atom. The molecule has 0 spiro atoms. The summed E-state index contributed by atoms with van der Waals surface area (Å²) in [4.78, 5) is 6.36. The molecule has 1 aliphatic heterocycles. The van der Waals surface area contributed by atoms with Gasteiger partial charge >= 0.3 is 0 Å². The molecule has 0 aromatic carbocycles. The third kappa shape index (κ3) is 1.62. The Morgan fingerprint density at radius 3 is 2.79 bits per heavy atom. The lowest BCUT2D eigenvalue weighted by molar-refractivity contribution is 0.515. The average molecular weight is 189 g/mol. The molecule has 0 atom stereocenters. The highest BCUT2D eigenvalue weighted by Crippen LogP contribution is 2.13. The molecule has 0 bridgehead atoms. The van der Waals surface area contributed by atoms with Crippen molar-refractivity contribution in [3.63, 3.8) is 0 Å². The lowest BCUT2D eigenvalue weighted by atomic mass is 10.2. The second kappa shape index (κ2) is 3.78. The summed E-state index contributed by atoms with van der Waals surface area (Å²) in [5, 5.41) is 8.03. The molecule has 1 aromatic rings. The first-order valence-corrected chi connectivity index (χ1v) is 5.04. The summed E-state index contributed by atoms with van der Waals surface area (Å²) in [6.07, 6.45) is 4.16. The average Bonchev–Trinajstić information content (AvgIpc) is 2.70. The minimum Gasteiger partial charge on any atom is -0.355 e. The van der Waals surface area contributed by atoms with Crippen LogP contribution >= 0.6 is 0 Å². The van der Waals surface area contributed by atoms with Crippen LogP contribution in [0.1, 0.15) is 24.1 Å². The molecule has 0 saturated carbocycles. The van der Waals surface area contributed by atoms with E-state index in [0.717, 1.165) is 24.3 Å². The Kier molecular flexibility index (Phi) is 2.48. The quantitative estimate of drug-likeness (QED) is 0.540. The third-order valence-electron chi connectivity index (χ3n) is 2.66. The molecule has 1 fully saturated rings. The van der Waals surface area contributed by atoms with Gasteiger partial charge < -0.3 is 4.90 Å². The third-order valence-corrected chi connectivity index (χ3v) is 2.66. The smallest absolute Gasteiger partial charge is 0.147 e. The van der Waals surface area contributed by atoms with Crippen molar-refractivity contribution in [2.75, 3.05) is 13.1 Å². The van der Waals surface area contributed by atoms with Crippen molar-refractivity contribution in [3.8, 4) is 0 Å². The fraction of sp³-hybridized carbons (Fsp3) is 0.455. The molecular weight excluding hydrogens is 174 g/mol. The molecule has 1 saturated heterocycles. The number of aryl methyl sites for hydroxylation is 1. The lowest BCUT2D eigenvalue weighted by Gasteiger charge is -2.18. The molecule has 1 aromatic heterocycles. The Morgan fingerprint density at radius 1 is 1.43 bits per heavy atom. The molecule has 2 rings (SSSR count). The number of likely N-dealkylation sites (tertiary alicyclic amines) is 1. The summed E-state index contributed by atoms with van der Waals surface area (Å²) in [6, 6.07) is 3.92. The Hall–Kier alpha value is -1.38. The largest absolute Gasteiger partial charge is 0.355 e. The predicted molar refractivity (Wildman–Crippen MR) is 56.6 cm³/mol. The van der Waals surface area contributed by atoms with Crippen LogP contribution in [0.3, 0.4) is 0 Å². The van der Waals surface area contributed by atoms with E-state index in [4.69, 9.17) is 5.41 Å². The zero-order valence-corrected chi connectivity index (χ0v) is 8.45. The van der Waals surface area contributed by atoms with Gasteiger partial charge in [-0.25, -0.2) is 0 Å². The summed E-state index contributed by atoms with van der Waals surface area (Å²) in [5.74, 6) is 0.584. The van der Waals surface area contributed by atoms with Crippen LogP contribution in [0.2, 0.25) is 0 Å². The molecule has 0 aliphatic carbocycles. The number of aromatic nitrogens is 1. The van der Waals surface area contributed by atoms with Crippen LogP contribution in [0.15, 0.2) is 18.3 Å². The zero-order valence-electron chi connectivity index (χ0n) is 8.45. The molecule has 1 aliphatic rings. The van der Waals surface area contributed by atoms with E-state index in [1.807, 2.05) is 19.1 Å². The van der Waals surface area contributed by atoms with E-state index < -0.39 is 0 Å². The highest BCUT2D eigenvalue weighted by Gasteiger charge is 2.17. The van der Waals surface area contributed by atoms with Crippen molar-refractivity contribution >= 4 is 5.84 Å². The number of pyridine rings is 1. The SMILES string of the molecule is Cc1cccnc1C(=N)N1CCCC1. The van der Waals surface area contributed by atoms with Gasteiger partial charge in [0.1, 0.15) is 11.5 Å². The maximum Gasteiger partial charge on any atom is 0.147 e. The van der Waals surface area contributed by atoms with Gasteiger partial charge in [0, 0.05) is 19.3 Å². The fourth-order valence-electron chi connectivity index (χ4n) is 1.82. The number of nitrogens with zero attached hydrogens (tertiary/aromatic N) is 2. The Balaban J connectivity index is 2.22. The molecule has 0 amide bonds. The van der Waals surface area contributed by atoms with Gasteiger partial charge in [-0.3, -0.25) is 10.4 Å². The summed E-state index contributed by atoms with van der Waals surface area (Å²) in [6.45, 7) is 4.02. The second-order valence-corrected chi connectivity index (χ2v) is 3.71. The van der Waals surface area contributed by atoms with E-state index in [-0.39, 0.29) is 0 Å². The van der Waals surface area contributed by atoms with Crippen molar-refractivity contribution in [2.24, 2.45) is 0 Å². The second-order valence-electron chi connectivity index (χ2n) is 3.71. The van der Waals surface area contributed by atoms with Crippen molar-refractivity contribution in [3.05, 3.63) is 29.6 Å². The van der Waals surface area contributed by atoms with Crippen molar-refractivity contribution in [2.45, 2.75) is 19.8 Å². The van der Waals surface area contributed by atoms with E-state index in [1.165, 1.54) is 12.8 Å². The summed E-state index contributed by atoms with van der Waals surface area (Å²) in [5.41, 5.74) is 1.92. The molecule has 3 nitrogen and oxygen atoms in total. The summed E-state index contributed by atoms with van der Waals surface area (Å²) >= 11 is 0. The number of rotatable bonds is 1. The van der Waals surface area contributed by atoms with Crippen LogP contribution in [0.4, 0.5) is 0 Å². The minimum absolute atomic E-state index is 0.584. The van der Waals surface area contributed by atoms with Crippen LogP contribution in [0.5, 0.6) is 0 Å². The normalized spacial score (nSPS) is 15.9. The van der Waals surface area contributed by atoms with E-state index in [0.29, 0.717) is 5.84 Å². The number of amidine groups is 1. The van der Waals surface area contributed by atoms with Gasteiger partial charge in [0.05, 0.1) is 0 Å².